The minimum absolute atomic E-state index is 0.186. The molecule has 0 unspecified atom stereocenters. The molecule has 10 heteroatoms. The van der Waals surface area contributed by atoms with Gasteiger partial charge in [0.25, 0.3) is 0 Å². The van der Waals surface area contributed by atoms with E-state index in [4.69, 9.17) is 14.2 Å². The third kappa shape index (κ3) is 6.48. The minimum Gasteiger partial charge on any atom is -0.493 e. The van der Waals surface area contributed by atoms with Gasteiger partial charge in [-0.15, -0.1) is 0 Å². The van der Waals surface area contributed by atoms with Crippen molar-refractivity contribution >= 4 is 17.7 Å². The van der Waals surface area contributed by atoms with Gasteiger partial charge in [0, 0.05) is 44.7 Å². The molecule has 2 N–H and O–H groups in total. The van der Waals surface area contributed by atoms with Gasteiger partial charge in [-0.3, -0.25) is 15.0 Å². The number of alkyl halides is 2. The second-order valence-corrected chi connectivity index (χ2v) is 7.86. The smallest absolute Gasteiger partial charge is 0.317 e. The Balaban J connectivity index is 2.35. The number of rotatable bonds is 11. The predicted molar refractivity (Wildman–Crippen MR) is 128 cm³/mol. The molecule has 2 rings (SSSR count). The average Bonchev–Trinajstić information content (AvgIpc) is 2.80. The summed E-state index contributed by atoms with van der Waals surface area (Å²) in [6.07, 6.45) is 2.93. The number of ether oxygens (including phenoxy) is 3. The molecule has 0 saturated heterocycles. The molecule has 8 nitrogen and oxygen atoms in total. The second-order valence-electron chi connectivity index (χ2n) is 7.86. The third-order valence-electron chi connectivity index (χ3n) is 4.95. The lowest BCUT2D eigenvalue weighted by atomic mass is 9.96. The van der Waals surface area contributed by atoms with Gasteiger partial charge in [-0.05, 0) is 44.5 Å². The van der Waals surface area contributed by atoms with E-state index in [1.165, 1.54) is 19.4 Å². The summed E-state index contributed by atoms with van der Waals surface area (Å²) in [4.78, 5) is 12.5. The molecular weight excluding hydrogens is 446 g/mol. The molecule has 0 aliphatic carbocycles. The fourth-order valence-electron chi connectivity index (χ4n) is 3.04. The number of aliphatic imine (C=N–C) groups is 2. The summed E-state index contributed by atoms with van der Waals surface area (Å²) in [5.41, 5.74) is -0.984. The van der Waals surface area contributed by atoms with Gasteiger partial charge in [0.05, 0.1) is 19.4 Å². The number of aliphatic hydroxyl groups is 1. The zero-order chi connectivity index (χ0) is 25.4. The van der Waals surface area contributed by atoms with E-state index in [1.54, 1.807) is 45.5 Å². The first-order valence-electron chi connectivity index (χ1n) is 10.7. The van der Waals surface area contributed by atoms with Crippen LogP contribution in [0.1, 0.15) is 37.6 Å². The predicted octanol–water partition coefficient (Wildman–Crippen LogP) is 3.87. The van der Waals surface area contributed by atoms with E-state index >= 15 is 0 Å². The topological polar surface area (TPSA) is 97.6 Å². The number of amidine groups is 1. The van der Waals surface area contributed by atoms with E-state index in [2.05, 4.69) is 20.3 Å². The van der Waals surface area contributed by atoms with Crippen LogP contribution in [0.5, 0.6) is 11.5 Å². The van der Waals surface area contributed by atoms with Crippen molar-refractivity contribution in [2.75, 3.05) is 34.5 Å². The Morgan fingerprint density at radius 3 is 2.50 bits per heavy atom. The molecule has 1 aromatic carbocycles. The summed E-state index contributed by atoms with van der Waals surface area (Å²) in [6, 6.07) is 6.37. The maximum atomic E-state index is 14.5. The Morgan fingerprint density at radius 1 is 1.18 bits per heavy atom. The Kier molecular flexibility index (Phi) is 9.46. The van der Waals surface area contributed by atoms with E-state index < -0.39 is 17.2 Å². The van der Waals surface area contributed by atoms with Crippen molar-refractivity contribution in [1.82, 2.24) is 10.3 Å². The zero-order valence-corrected chi connectivity index (χ0v) is 20.4. The van der Waals surface area contributed by atoms with Crippen LogP contribution < -0.4 is 14.8 Å². The molecule has 2 aromatic rings. The lowest BCUT2D eigenvalue weighted by molar-refractivity contribution is -0.171. The van der Waals surface area contributed by atoms with E-state index in [0.29, 0.717) is 47.4 Å². The van der Waals surface area contributed by atoms with Crippen LogP contribution in [0.25, 0.3) is 0 Å². The van der Waals surface area contributed by atoms with Gasteiger partial charge in [-0.1, -0.05) is 0 Å². The van der Waals surface area contributed by atoms with Crippen molar-refractivity contribution in [2.24, 2.45) is 9.98 Å². The maximum absolute atomic E-state index is 14.5. The van der Waals surface area contributed by atoms with Gasteiger partial charge in [-0.25, -0.2) is 0 Å². The Bertz CT molecular complexity index is 1020. The molecule has 0 spiro atoms. The number of benzene rings is 1. The lowest BCUT2D eigenvalue weighted by Crippen LogP contribution is -2.41. The molecule has 1 heterocycles. The molecule has 0 aliphatic rings. The van der Waals surface area contributed by atoms with Gasteiger partial charge in [0.1, 0.15) is 23.7 Å². The third-order valence-corrected chi connectivity index (χ3v) is 4.95. The van der Waals surface area contributed by atoms with Crippen LogP contribution >= 0.6 is 0 Å². The van der Waals surface area contributed by atoms with Crippen molar-refractivity contribution in [3.63, 3.8) is 0 Å². The van der Waals surface area contributed by atoms with Crippen molar-refractivity contribution in [2.45, 2.75) is 38.8 Å². The van der Waals surface area contributed by atoms with Gasteiger partial charge >= 0.3 is 5.92 Å². The zero-order valence-electron chi connectivity index (χ0n) is 20.4. The molecule has 0 fully saturated rings. The first-order valence-corrected chi connectivity index (χ1v) is 10.7. The van der Waals surface area contributed by atoms with E-state index in [9.17, 15) is 13.9 Å². The highest BCUT2D eigenvalue weighted by Gasteiger charge is 2.48. The summed E-state index contributed by atoms with van der Waals surface area (Å²) in [7, 11) is 4.73. The van der Waals surface area contributed by atoms with E-state index in [0.717, 1.165) is 13.8 Å². The number of pyridine rings is 1. The van der Waals surface area contributed by atoms with Gasteiger partial charge in [0.15, 0.2) is 11.5 Å². The lowest BCUT2D eigenvalue weighted by Gasteiger charge is -2.28. The van der Waals surface area contributed by atoms with Crippen LogP contribution in [-0.4, -0.2) is 62.2 Å². The summed E-state index contributed by atoms with van der Waals surface area (Å²) >= 11 is 0. The fraction of sp³-hybridized carbons (Fsp3) is 0.458. The molecule has 0 radical (unpaired) electrons. The minimum atomic E-state index is -3.52. The second kappa shape index (κ2) is 11.8. The SMILES string of the molecule is CC=Nc1cc(OC)c(OCCOC)cc1C(=NC)NCc1ccnc(C(F)(F)C(C)(C)O)c1. The molecular formula is C24H32F2N4O4. The van der Waals surface area contributed by atoms with Crippen LogP contribution in [0.3, 0.4) is 0 Å². The van der Waals surface area contributed by atoms with Gasteiger partial charge in [-0.2, -0.15) is 8.78 Å². The van der Waals surface area contributed by atoms with Crippen molar-refractivity contribution < 1.29 is 28.1 Å². The summed E-state index contributed by atoms with van der Waals surface area (Å²) < 4.78 is 45.4. The van der Waals surface area contributed by atoms with Gasteiger partial charge < -0.3 is 24.6 Å². The quantitative estimate of drug-likeness (QED) is 0.289. The maximum Gasteiger partial charge on any atom is 0.317 e. The number of methoxy groups -OCH3 is 2. The van der Waals surface area contributed by atoms with Crippen molar-refractivity contribution in [3.8, 4) is 11.5 Å². The van der Waals surface area contributed by atoms with Crippen LogP contribution in [0.15, 0.2) is 40.4 Å². The monoisotopic (exact) mass is 478 g/mol. The Morgan fingerprint density at radius 2 is 1.91 bits per heavy atom. The molecule has 34 heavy (non-hydrogen) atoms. The van der Waals surface area contributed by atoms with Gasteiger partial charge in [0.2, 0.25) is 0 Å². The highest BCUT2D eigenvalue weighted by atomic mass is 19.3. The molecule has 1 aromatic heterocycles. The Labute approximate surface area is 198 Å². The summed E-state index contributed by atoms with van der Waals surface area (Å²) in [6.45, 7) is 4.80. The largest absolute Gasteiger partial charge is 0.493 e. The number of hydrogen-bond acceptors (Lipinski definition) is 7. The van der Waals surface area contributed by atoms with Crippen LogP contribution in [-0.2, 0) is 17.2 Å². The summed E-state index contributed by atoms with van der Waals surface area (Å²) in [5.74, 6) is -2.04. The molecule has 0 atom stereocenters. The standard InChI is InChI=1S/C24H32F2N4O4/c1-7-28-18-14-19(33-6)20(34-11-10-32-5)13-17(18)22(27-4)30-15-16-8-9-29-21(12-16)24(25,26)23(2,3)31/h7-9,12-14,31H,10-11,15H2,1-6H3,(H,27,30). The highest BCUT2D eigenvalue weighted by Crippen LogP contribution is 2.38. The van der Waals surface area contributed by atoms with Crippen LogP contribution in [0, 0.1) is 0 Å². The van der Waals surface area contributed by atoms with Crippen molar-refractivity contribution in [1.29, 1.82) is 0 Å². The van der Waals surface area contributed by atoms with Crippen LogP contribution in [0.2, 0.25) is 0 Å². The number of hydrogen-bond donors (Lipinski definition) is 2. The number of nitrogens with one attached hydrogen (secondary N) is 1. The fourth-order valence-corrected chi connectivity index (χ4v) is 3.04. The van der Waals surface area contributed by atoms with E-state index in [-0.39, 0.29) is 6.54 Å². The highest BCUT2D eigenvalue weighted by molar-refractivity contribution is 6.04. The molecule has 0 bridgehead atoms. The normalized spacial score (nSPS) is 12.8. The average molecular weight is 479 g/mol. The number of aromatic nitrogens is 1. The Hall–Kier alpha value is -3.11. The molecule has 0 aliphatic heterocycles. The van der Waals surface area contributed by atoms with E-state index in [1.807, 2.05) is 0 Å². The van der Waals surface area contributed by atoms with Crippen LogP contribution in [0.4, 0.5) is 14.5 Å². The summed E-state index contributed by atoms with van der Waals surface area (Å²) in [5, 5.41) is 13.0. The first-order chi connectivity index (χ1) is 16.1. The number of nitrogens with zero attached hydrogens (tertiary/aromatic N) is 3. The van der Waals surface area contributed by atoms with Crippen molar-refractivity contribution in [3.05, 3.63) is 47.3 Å². The first kappa shape index (κ1) is 27.1. The molecule has 0 amide bonds. The number of halogens is 2. The molecule has 186 valence electrons. The molecule has 0 saturated carbocycles.